The van der Waals surface area contributed by atoms with Gasteiger partial charge in [-0.15, -0.1) is 0 Å². The summed E-state index contributed by atoms with van der Waals surface area (Å²) in [6, 6.07) is 15.4. The number of carbonyl (C=O) groups is 1. The molecule has 0 bridgehead atoms. The van der Waals surface area contributed by atoms with E-state index in [1.165, 1.54) is 19.2 Å². The van der Waals surface area contributed by atoms with Crippen molar-refractivity contribution in [3.8, 4) is 22.6 Å². The lowest BCUT2D eigenvalue weighted by Gasteiger charge is -2.08. The van der Waals surface area contributed by atoms with Gasteiger partial charge in [0.15, 0.2) is 5.58 Å². The Morgan fingerprint density at radius 2 is 1.71 bits per heavy atom. The molecule has 0 aliphatic carbocycles. The average molecular weight is 396 g/mol. The van der Waals surface area contributed by atoms with Crippen LogP contribution in [0, 0.1) is 5.82 Å². The van der Waals surface area contributed by atoms with Crippen LogP contribution in [0.2, 0.25) is 0 Å². The molecule has 4 aromatic rings. The second-order valence-corrected chi connectivity index (χ2v) is 6.85. The van der Waals surface area contributed by atoms with Crippen molar-refractivity contribution in [3.05, 3.63) is 81.8 Å². The maximum absolute atomic E-state index is 13.3. The molecule has 0 unspecified atom stereocenters. The zero-order chi connectivity index (χ0) is 19.7. The molecule has 0 aliphatic rings. The Kier molecular flexibility index (Phi) is 4.67. The third-order valence-corrected chi connectivity index (χ3v) is 4.87. The zero-order valence-corrected chi connectivity index (χ0v) is 15.4. The van der Waals surface area contributed by atoms with Crippen molar-refractivity contribution in [1.82, 2.24) is 0 Å². The molecule has 0 radical (unpaired) electrons. The predicted octanol–water partition coefficient (Wildman–Crippen LogP) is 4.89. The van der Waals surface area contributed by atoms with Gasteiger partial charge in [-0.05, 0) is 48.0 Å². The summed E-state index contributed by atoms with van der Waals surface area (Å²) in [6.07, 6.45) is 0. The van der Waals surface area contributed by atoms with E-state index in [0.29, 0.717) is 32.7 Å². The van der Waals surface area contributed by atoms with Crippen LogP contribution in [-0.2, 0) is 0 Å². The van der Waals surface area contributed by atoms with Crippen LogP contribution >= 0.6 is 11.3 Å². The van der Waals surface area contributed by atoms with Gasteiger partial charge >= 0.3 is 10.9 Å². The van der Waals surface area contributed by atoms with Gasteiger partial charge in [0.25, 0.3) is 0 Å². The molecule has 4 rings (SSSR count). The molecule has 140 valence electrons. The van der Waals surface area contributed by atoms with Crippen LogP contribution in [0.4, 0.5) is 4.39 Å². The highest BCUT2D eigenvalue weighted by Crippen LogP contribution is 2.34. The minimum absolute atomic E-state index is 0.254. The number of esters is 1. The van der Waals surface area contributed by atoms with Crippen molar-refractivity contribution >= 4 is 27.6 Å². The molecule has 0 amide bonds. The van der Waals surface area contributed by atoms with Gasteiger partial charge in [-0.3, -0.25) is 0 Å². The number of hydrogen-bond donors (Lipinski definition) is 0. The lowest BCUT2D eigenvalue weighted by molar-refractivity contribution is 0.0735. The van der Waals surface area contributed by atoms with Crippen LogP contribution in [0.3, 0.4) is 0 Å². The molecule has 0 N–H and O–H groups in total. The molecule has 3 aromatic carbocycles. The van der Waals surface area contributed by atoms with Gasteiger partial charge in [-0.25, -0.2) is 14.0 Å². The van der Waals surface area contributed by atoms with Crippen molar-refractivity contribution in [1.29, 1.82) is 0 Å². The molecule has 5 nitrogen and oxygen atoms in total. The Labute approximate surface area is 162 Å². The van der Waals surface area contributed by atoms with Crippen LogP contribution < -0.4 is 14.4 Å². The van der Waals surface area contributed by atoms with E-state index < -0.39 is 10.9 Å². The van der Waals surface area contributed by atoms with E-state index in [2.05, 4.69) is 0 Å². The lowest BCUT2D eigenvalue weighted by atomic mass is 10.0. The second-order valence-electron chi connectivity index (χ2n) is 5.88. The van der Waals surface area contributed by atoms with Crippen LogP contribution in [0.5, 0.6) is 11.5 Å². The molecule has 1 heterocycles. The minimum atomic E-state index is -0.553. The van der Waals surface area contributed by atoms with Gasteiger partial charge in [0.1, 0.15) is 17.3 Å². The van der Waals surface area contributed by atoms with Gasteiger partial charge in [0, 0.05) is 11.6 Å². The number of rotatable bonds is 4. The highest BCUT2D eigenvalue weighted by Gasteiger charge is 2.16. The summed E-state index contributed by atoms with van der Waals surface area (Å²) in [4.78, 5) is 23.7. The normalized spacial score (nSPS) is 10.8. The summed E-state index contributed by atoms with van der Waals surface area (Å²) in [7, 11) is 1.54. The Balaban J connectivity index is 1.73. The predicted molar refractivity (Wildman–Crippen MR) is 104 cm³/mol. The number of benzene rings is 3. The third kappa shape index (κ3) is 3.52. The van der Waals surface area contributed by atoms with Crippen molar-refractivity contribution in [2.75, 3.05) is 7.11 Å². The number of ether oxygens (including phenoxy) is 2. The van der Waals surface area contributed by atoms with Gasteiger partial charge in [0.2, 0.25) is 0 Å². The molecular weight excluding hydrogens is 383 g/mol. The van der Waals surface area contributed by atoms with E-state index in [-0.39, 0.29) is 11.6 Å². The molecule has 0 fully saturated rings. The number of halogens is 1. The monoisotopic (exact) mass is 396 g/mol. The molecule has 0 saturated carbocycles. The molecular formula is C21H13FO5S. The van der Waals surface area contributed by atoms with E-state index in [0.717, 1.165) is 11.3 Å². The summed E-state index contributed by atoms with van der Waals surface area (Å²) >= 11 is 0.902. The molecule has 0 atom stereocenters. The first-order chi connectivity index (χ1) is 13.5. The van der Waals surface area contributed by atoms with Crippen molar-refractivity contribution in [3.63, 3.8) is 0 Å². The topological polar surface area (TPSA) is 65.7 Å². The van der Waals surface area contributed by atoms with Gasteiger partial charge in [0.05, 0.1) is 17.4 Å². The fraction of sp³-hybridized carbons (Fsp3) is 0.0476. The molecule has 1 aromatic heterocycles. The minimum Gasteiger partial charge on any atom is -0.497 e. The van der Waals surface area contributed by atoms with Crippen molar-refractivity contribution < 1.29 is 23.1 Å². The number of hydrogen-bond acceptors (Lipinski definition) is 6. The SMILES string of the molecule is COc1ccc(C(=O)Oc2cc(-c3ccc(F)cc3)c3oc(=O)sc3c2)cc1. The van der Waals surface area contributed by atoms with Crippen molar-refractivity contribution in [2.24, 2.45) is 0 Å². The maximum atomic E-state index is 13.3. The Bertz CT molecular complexity index is 1210. The number of fused-ring (bicyclic) bond motifs is 1. The largest absolute Gasteiger partial charge is 0.497 e. The van der Waals surface area contributed by atoms with Gasteiger partial charge in [-0.1, -0.05) is 23.5 Å². The smallest absolute Gasteiger partial charge is 0.396 e. The van der Waals surface area contributed by atoms with E-state index in [1.807, 2.05) is 0 Å². The average Bonchev–Trinajstić information content (AvgIpc) is 3.08. The summed E-state index contributed by atoms with van der Waals surface area (Å²) in [5.41, 5.74) is 1.89. The van der Waals surface area contributed by atoms with E-state index in [1.54, 1.807) is 48.5 Å². The van der Waals surface area contributed by atoms with Gasteiger partial charge < -0.3 is 13.9 Å². The fourth-order valence-electron chi connectivity index (χ4n) is 2.75. The maximum Gasteiger partial charge on any atom is 0.396 e. The summed E-state index contributed by atoms with van der Waals surface area (Å²) in [6.45, 7) is 0. The lowest BCUT2D eigenvalue weighted by Crippen LogP contribution is -2.08. The zero-order valence-electron chi connectivity index (χ0n) is 14.6. The molecule has 0 aliphatic heterocycles. The molecule has 28 heavy (non-hydrogen) atoms. The van der Waals surface area contributed by atoms with E-state index in [4.69, 9.17) is 13.9 Å². The van der Waals surface area contributed by atoms with E-state index in [9.17, 15) is 14.0 Å². The summed E-state index contributed by atoms with van der Waals surface area (Å²) < 4.78 is 29.6. The Morgan fingerprint density at radius 1 is 1.00 bits per heavy atom. The highest BCUT2D eigenvalue weighted by molar-refractivity contribution is 7.16. The van der Waals surface area contributed by atoms with E-state index >= 15 is 0 Å². The molecule has 7 heteroatoms. The Hall–Kier alpha value is -3.45. The van der Waals surface area contributed by atoms with Crippen LogP contribution in [0.15, 0.2) is 69.9 Å². The first kappa shape index (κ1) is 17.9. The molecule has 0 spiro atoms. The second kappa shape index (κ2) is 7.28. The molecule has 0 saturated heterocycles. The first-order valence-corrected chi connectivity index (χ1v) is 9.05. The van der Waals surface area contributed by atoms with Crippen LogP contribution in [0.1, 0.15) is 10.4 Å². The third-order valence-electron chi connectivity index (χ3n) is 4.10. The first-order valence-electron chi connectivity index (χ1n) is 8.23. The van der Waals surface area contributed by atoms with Crippen LogP contribution in [-0.4, -0.2) is 13.1 Å². The Morgan fingerprint density at radius 3 is 2.39 bits per heavy atom. The number of methoxy groups -OCH3 is 1. The highest BCUT2D eigenvalue weighted by atomic mass is 32.1. The van der Waals surface area contributed by atoms with Crippen LogP contribution in [0.25, 0.3) is 21.4 Å². The summed E-state index contributed by atoms with van der Waals surface area (Å²) in [5, 5.41) is 0. The van der Waals surface area contributed by atoms with Gasteiger partial charge in [-0.2, -0.15) is 0 Å². The summed E-state index contributed by atoms with van der Waals surface area (Å²) in [5.74, 6) is -0.0545. The fourth-order valence-corrected chi connectivity index (χ4v) is 3.47. The number of carbonyl (C=O) groups excluding carboxylic acids is 1. The van der Waals surface area contributed by atoms with Crippen molar-refractivity contribution in [2.45, 2.75) is 0 Å². The quantitative estimate of drug-likeness (QED) is 0.363. The standard InChI is InChI=1S/C21H13FO5S/c1-25-15-8-4-13(5-9-15)20(23)26-16-10-17(12-2-6-14(22)7-3-12)19-18(11-16)28-21(24)27-19/h2-11H,1H3.